The quantitative estimate of drug-likeness (QED) is 0.203. The van der Waals surface area contributed by atoms with Gasteiger partial charge in [-0.3, -0.25) is 4.79 Å². The Morgan fingerprint density at radius 2 is 1.64 bits per heavy atom. The highest BCUT2D eigenvalue weighted by Crippen LogP contribution is 2.20. The van der Waals surface area contributed by atoms with Gasteiger partial charge >= 0.3 is 5.97 Å². The van der Waals surface area contributed by atoms with E-state index in [1.165, 1.54) is 18.2 Å². The van der Waals surface area contributed by atoms with E-state index in [0.717, 1.165) is 28.0 Å². The number of carbonyl (C=O) groups is 1. The Kier molecular flexibility index (Phi) is 8.84. The van der Waals surface area contributed by atoms with Crippen LogP contribution in [0.25, 0.3) is 22.8 Å². The van der Waals surface area contributed by atoms with Crippen LogP contribution in [-0.4, -0.2) is 19.7 Å². The van der Waals surface area contributed by atoms with Crippen molar-refractivity contribution in [2.45, 2.75) is 20.3 Å². The Balaban J connectivity index is 1.57. The summed E-state index contributed by atoms with van der Waals surface area (Å²) in [6.07, 6.45) is 8.31. The van der Waals surface area contributed by atoms with Crippen molar-refractivity contribution in [3.8, 4) is 11.1 Å². The first-order valence-electron chi connectivity index (χ1n) is 11.0. The Morgan fingerprint density at radius 1 is 0.909 bits per heavy atom. The van der Waals surface area contributed by atoms with Gasteiger partial charge in [-0.15, -0.1) is 0 Å². The van der Waals surface area contributed by atoms with E-state index in [2.05, 4.69) is 54.6 Å². The molecule has 0 amide bonds. The van der Waals surface area contributed by atoms with Crippen molar-refractivity contribution >= 4 is 17.6 Å². The molecule has 33 heavy (non-hydrogen) atoms. The Bertz CT molecular complexity index is 1140. The summed E-state index contributed by atoms with van der Waals surface area (Å²) >= 11 is 0. The fraction of sp³-hybridized carbons (Fsp3) is 0.167. The molecule has 0 heterocycles. The van der Waals surface area contributed by atoms with Crippen molar-refractivity contribution in [2.75, 3.05) is 13.7 Å². The molecule has 0 saturated carbocycles. The lowest BCUT2D eigenvalue weighted by atomic mass is 10.0. The number of rotatable bonds is 9. The second-order valence-corrected chi connectivity index (χ2v) is 7.67. The molecule has 0 spiro atoms. The van der Waals surface area contributed by atoms with E-state index < -0.39 is 0 Å². The van der Waals surface area contributed by atoms with Gasteiger partial charge in [0.15, 0.2) is 0 Å². The number of esters is 1. The van der Waals surface area contributed by atoms with Crippen molar-refractivity contribution in [1.29, 1.82) is 0 Å². The molecule has 0 bridgehead atoms. The van der Waals surface area contributed by atoms with Crippen LogP contribution in [0, 0.1) is 0 Å². The van der Waals surface area contributed by atoms with Crippen molar-refractivity contribution in [2.24, 2.45) is 0 Å². The molecule has 0 aromatic heterocycles. The summed E-state index contributed by atoms with van der Waals surface area (Å²) < 4.78 is 10.7. The van der Waals surface area contributed by atoms with Gasteiger partial charge in [0.05, 0.1) is 13.5 Å². The monoisotopic (exact) mass is 438 g/mol. The van der Waals surface area contributed by atoms with Crippen LogP contribution in [0.5, 0.6) is 0 Å². The van der Waals surface area contributed by atoms with Gasteiger partial charge in [0, 0.05) is 0 Å². The molecule has 0 fully saturated rings. The van der Waals surface area contributed by atoms with Crippen LogP contribution in [0.4, 0.5) is 0 Å². The molecule has 3 rings (SSSR count). The smallest absolute Gasteiger partial charge is 0.309 e. The van der Waals surface area contributed by atoms with Crippen molar-refractivity contribution in [3.63, 3.8) is 0 Å². The Hall–Kier alpha value is -3.85. The highest BCUT2D eigenvalue weighted by molar-refractivity contribution is 5.74. The average molecular weight is 439 g/mol. The highest BCUT2D eigenvalue weighted by Gasteiger charge is 2.05. The fourth-order valence-electron chi connectivity index (χ4n) is 3.42. The summed E-state index contributed by atoms with van der Waals surface area (Å²) in [6, 6.07) is 26.8. The minimum absolute atomic E-state index is 0.243. The third-order valence-corrected chi connectivity index (χ3v) is 5.28. The predicted octanol–water partition coefficient (Wildman–Crippen LogP) is 7.11. The number of hydrogen-bond acceptors (Lipinski definition) is 3. The second-order valence-electron chi connectivity index (χ2n) is 7.67. The van der Waals surface area contributed by atoms with E-state index in [4.69, 9.17) is 9.47 Å². The van der Waals surface area contributed by atoms with Gasteiger partial charge in [-0.25, -0.2) is 0 Å². The molecule has 0 aliphatic carbocycles. The lowest BCUT2D eigenvalue weighted by Crippen LogP contribution is -2.04. The lowest BCUT2D eigenvalue weighted by Gasteiger charge is -2.08. The van der Waals surface area contributed by atoms with Crippen molar-refractivity contribution < 1.29 is 14.3 Å². The molecule has 0 atom stereocenters. The molecule has 0 unspecified atom stereocenters. The van der Waals surface area contributed by atoms with Crippen LogP contribution in [-0.2, 0) is 20.7 Å². The van der Waals surface area contributed by atoms with E-state index in [-0.39, 0.29) is 12.4 Å². The maximum absolute atomic E-state index is 11.5. The summed E-state index contributed by atoms with van der Waals surface area (Å²) in [6.45, 7) is 4.47. The molecule has 0 radical (unpaired) electrons. The standard InChI is InChI=1S/C30H30O3/c1-4-29(20-23(2)28-14-8-10-25(21-28)22-30(31)32-3)33-19-9-11-24-15-17-27(18-16-24)26-12-6-5-7-13-26/h4-18,20-21H,19,22H2,1-3H3/b11-9+,23-20+,29-4+. The number of ether oxygens (including phenoxy) is 2. The van der Waals surface area contributed by atoms with Gasteiger partial charge in [-0.1, -0.05) is 84.9 Å². The molecule has 3 aromatic carbocycles. The van der Waals surface area contributed by atoms with Crippen LogP contribution >= 0.6 is 0 Å². The number of benzene rings is 3. The van der Waals surface area contributed by atoms with Crippen LogP contribution < -0.4 is 0 Å². The van der Waals surface area contributed by atoms with Gasteiger partial charge in [-0.2, -0.15) is 0 Å². The maximum Gasteiger partial charge on any atom is 0.309 e. The summed E-state index contributed by atoms with van der Waals surface area (Å²) in [7, 11) is 1.40. The molecule has 3 nitrogen and oxygen atoms in total. The molecular formula is C30H30O3. The Labute approximate surface area is 196 Å². The van der Waals surface area contributed by atoms with Gasteiger partial charge < -0.3 is 9.47 Å². The molecule has 3 aromatic rings. The minimum atomic E-state index is -0.243. The largest absolute Gasteiger partial charge is 0.490 e. The maximum atomic E-state index is 11.5. The molecule has 0 N–H and O–H groups in total. The average Bonchev–Trinajstić information content (AvgIpc) is 2.86. The second kappa shape index (κ2) is 12.3. The number of hydrogen-bond donors (Lipinski definition) is 0. The fourth-order valence-corrected chi connectivity index (χ4v) is 3.42. The van der Waals surface area contributed by atoms with Crippen molar-refractivity contribution in [1.82, 2.24) is 0 Å². The Morgan fingerprint density at radius 3 is 2.33 bits per heavy atom. The first-order chi connectivity index (χ1) is 16.1. The zero-order valence-electron chi connectivity index (χ0n) is 19.5. The zero-order valence-corrected chi connectivity index (χ0v) is 19.5. The molecule has 0 saturated heterocycles. The molecule has 168 valence electrons. The SMILES string of the molecule is C/C=C(\C=C(/C)c1cccc(CC(=O)OC)c1)OC/C=C/c1ccc(-c2ccccc2)cc1. The van der Waals surface area contributed by atoms with Gasteiger partial charge in [0.25, 0.3) is 0 Å². The topological polar surface area (TPSA) is 35.5 Å². The lowest BCUT2D eigenvalue weighted by molar-refractivity contribution is -0.139. The summed E-state index contributed by atoms with van der Waals surface area (Å²) in [5.74, 6) is 0.558. The molecular weight excluding hydrogens is 408 g/mol. The van der Waals surface area contributed by atoms with E-state index in [1.54, 1.807) is 0 Å². The highest BCUT2D eigenvalue weighted by atomic mass is 16.5. The normalized spacial score (nSPS) is 12.1. The van der Waals surface area contributed by atoms with E-state index in [0.29, 0.717) is 6.61 Å². The zero-order chi connectivity index (χ0) is 23.5. The van der Waals surface area contributed by atoms with E-state index in [1.807, 2.05) is 62.4 Å². The number of carbonyl (C=O) groups excluding carboxylic acids is 1. The molecule has 3 heteroatoms. The summed E-state index contributed by atoms with van der Waals surface area (Å²) in [5.41, 5.74) is 6.60. The predicted molar refractivity (Wildman–Crippen MR) is 136 cm³/mol. The number of allylic oxidation sites excluding steroid dienone is 3. The van der Waals surface area contributed by atoms with Gasteiger partial charge in [0.1, 0.15) is 12.4 Å². The molecule has 0 aliphatic rings. The van der Waals surface area contributed by atoms with Gasteiger partial charge in [-0.05, 0) is 65.5 Å². The first kappa shape index (κ1) is 23.8. The van der Waals surface area contributed by atoms with Crippen LogP contribution in [0.3, 0.4) is 0 Å². The molecule has 0 aliphatic heterocycles. The first-order valence-corrected chi connectivity index (χ1v) is 11.0. The summed E-state index contributed by atoms with van der Waals surface area (Å²) in [5, 5.41) is 0. The summed E-state index contributed by atoms with van der Waals surface area (Å²) in [4.78, 5) is 11.5. The van der Waals surface area contributed by atoms with Crippen LogP contribution in [0.2, 0.25) is 0 Å². The number of methoxy groups -OCH3 is 1. The third-order valence-electron chi connectivity index (χ3n) is 5.28. The van der Waals surface area contributed by atoms with E-state index >= 15 is 0 Å². The minimum Gasteiger partial charge on any atom is -0.490 e. The van der Waals surface area contributed by atoms with E-state index in [9.17, 15) is 4.79 Å². The van der Waals surface area contributed by atoms with Crippen molar-refractivity contribution in [3.05, 3.63) is 120 Å². The third kappa shape index (κ3) is 7.36. The van der Waals surface area contributed by atoms with Crippen LogP contribution in [0.1, 0.15) is 30.5 Å². The van der Waals surface area contributed by atoms with Gasteiger partial charge in [0.2, 0.25) is 0 Å². The van der Waals surface area contributed by atoms with Crippen LogP contribution in [0.15, 0.2) is 103 Å².